The molecular formula is C79H154O17P2. The maximum atomic E-state index is 13.1. The number of ether oxygens (including phenoxy) is 4. The summed E-state index contributed by atoms with van der Waals surface area (Å²) in [5.41, 5.74) is 0. The molecule has 4 unspecified atom stereocenters. The molecule has 0 aliphatic heterocycles. The van der Waals surface area contributed by atoms with Crippen molar-refractivity contribution in [2.45, 2.75) is 420 Å². The number of phosphoric ester groups is 2. The van der Waals surface area contributed by atoms with Crippen molar-refractivity contribution in [1.82, 2.24) is 0 Å². The monoisotopic (exact) mass is 1440 g/mol. The van der Waals surface area contributed by atoms with Crippen LogP contribution in [0.25, 0.3) is 0 Å². The fourth-order valence-corrected chi connectivity index (χ4v) is 13.6. The van der Waals surface area contributed by atoms with Gasteiger partial charge in [-0.1, -0.05) is 351 Å². The van der Waals surface area contributed by atoms with Crippen LogP contribution in [-0.2, 0) is 65.4 Å². The van der Waals surface area contributed by atoms with E-state index in [1.54, 1.807) is 0 Å². The van der Waals surface area contributed by atoms with E-state index < -0.39 is 97.5 Å². The van der Waals surface area contributed by atoms with E-state index in [4.69, 9.17) is 37.0 Å². The standard InChI is InChI=1S/C79H154O17P2/c1-9-72(8)58-50-42-34-26-22-18-14-12-10-11-13-15-19-24-28-36-45-53-61-78(83)95-74(65-89-76(81)59-51-43-35-27-23-20-16-17-21-25-31-39-47-55-69(2)3)67-93-97(85,86)91-63-73(80)64-92-98(87,88)94-68-75(96-79(84)62-54-46-38-30-33-41-49-57-71(6)7)66-90-77(82)60-52-44-37-29-32-40-48-56-70(4)5/h69-75,80H,9-68H2,1-8H3,(H,85,86)(H,87,88)/t72?,73?,74-,75-/m1/s1. The summed E-state index contributed by atoms with van der Waals surface area (Å²) in [6.45, 7) is 14.2. The van der Waals surface area contributed by atoms with Crippen molar-refractivity contribution in [3.8, 4) is 0 Å². The highest BCUT2D eigenvalue weighted by atomic mass is 31.2. The zero-order chi connectivity index (χ0) is 72.4. The average Bonchev–Trinajstić information content (AvgIpc) is 0.976. The molecule has 0 aromatic rings. The van der Waals surface area contributed by atoms with E-state index in [-0.39, 0.29) is 25.7 Å². The maximum absolute atomic E-state index is 13.1. The summed E-state index contributed by atoms with van der Waals surface area (Å²) in [4.78, 5) is 72.8. The molecule has 0 aromatic carbocycles. The first kappa shape index (κ1) is 96.1. The van der Waals surface area contributed by atoms with Crippen molar-refractivity contribution in [3.63, 3.8) is 0 Å². The molecule has 0 radical (unpaired) electrons. The molecule has 0 fully saturated rings. The number of carbonyl (C=O) groups excluding carboxylic acids is 4. The molecule has 0 saturated carbocycles. The minimum absolute atomic E-state index is 0.102. The molecule has 98 heavy (non-hydrogen) atoms. The third kappa shape index (κ3) is 71.1. The van der Waals surface area contributed by atoms with Crippen molar-refractivity contribution in [3.05, 3.63) is 0 Å². The van der Waals surface area contributed by atoms with Crippen LogP contribution in [-0.4, -0.2) is 96.7 Å². The predicted octanol–water partition coefficient (Wildman–Crippen LogP) is 23.2. The smallest absolute Gasteiger partial charge is 0.462 e. The van der Waals surface area contributed by atoms with Gasteiger partial charge in [0.25, 0.3) is 0 Å². The molecular weight excluding hydrogens is 1280 g/mol. The molecule has 0 amide bonds. The van der Waals surface area contributed by atoms with Crippen molar-refractivity contribution < 1.29 is 80.2 Å². The quantitative estimate of drug-likeness (QED) is 0.0222. The fraction of sp³-hybridized carbons (Fsp3) is 0.949. The molecule has 0 rings (SSSR count). The highest BCUT2D eigenvalue weighted by Crippen LogP contribution is 2.45. The molecule has 17 nitrogen and oxygen atoms in total. The Morgan fingerprint density at radius 3 is 0.724 bits per heavy atom. The van der Waals surface area contributed by atoms with Crippen molar-refractivity contribution >= 4 is 39.5 Å². The molecule has 582 valence electrons. The largest absolute Gasteiger partial charge is 0.472 e. The maximum Gasteiger partial charge on any atom is 0.472 e. The highest BCUT2D eigenvalue weighted by molar-refractivity contribution is 7.47. The van der Waals surface area contributed by atoms with E-state index in [1.165, 1.54) is 199 Å². The number of hydrogen-bond donors (Lipinski definition) is 3. The van der Waals surface area contributed by atoms with Gasteiger partial charge in [-0.25, -0.2) is 9.13 Å². The van der Waals surface area contributed by atoms with Crippen LogP contribution in [0.2, 0.25) is 0 Å². The van der Waals surface area contributed by atoms with Crippen molar-refractivity contribution in [2.24, 2.45) is 23.7 Å². The summed E-state index contributed by atoms with van der Waals surface area (Å²) < 4.78 is 68.5. The Labute approximate surface area is 600 Å². The molecule has 0 aliphatic rings. The van der Waals surface area contributed by atoms with Crippen LogP contribution in [0.3, 0.4) is 0 Å². The van der Waals surface area contributed by atoms with Gasteiger partial charge in [0.2, 0.25) is 0 Å². The molecule has 0 saturated heterocycles. The van der Waals surface area contributed by atoms with Gasteiger partial charge in [0.1, 0.15) is 19.3 Å². The zero-order valence-corrected chi connectivity index (χ0v) is 66.2. The topological polar surface area (TPSA) is 237 Å². The van der Waals surface area contributed by atoms with Gasteiger partial charge in [0, 0.05) is 25.7 Å². The second-order valence-electron chi connectivity index (χ2n) is 30.1. The second kappa shape index (κ2) is 68.2. The van der Waals surface area contributed by atoms with Crippen LogP contribution in [0.15, 0.2) is 0 Å². The number of carbonyl (C=O) groups is 4. The summed E-state index contributed by atoms with van der Waals surface area (Å²) >= 11 is 0. The SMILES string of the molecule is CCC(C)CCCCCCCCCCCCCCCCCCCCC(=O)O[C@H](COC(=O)CCCCCCCCCCCCCCCC(C)C)COP(=O)(O)OCC(O)COP(=O)(O)OC[C@@H](COC(=O)CCCCCCCCCC(C)C)OC(=O)CCCCCCCCCC(C)C. The molecule has 0 heterocycles. The lowest BCUT2D eigenvalue weighted by molar-refractivity contribution is -0.161. The zero-order valence-electron chi connectivity index (χ0n) is 64.4. The summed E-state index contributed by atoms with van der Waals surface area (Å²) in [5.74, 6) is 0.942. The van der Waals surface area contributed by atoms with Crippen LogP contribution in [0, 0.1) is 23.7 Å². The predicted molar refractivity (Wildman–Crippen MR) is 400 cm³/mol. The Morgan fingerprint density at radius 1 is 0.286 bits per heavy atom. The average molecular weight is 1440 g/mol. The molecule has 6 atom stereocenters. The minimum Gasteiger partial charge on any atom is -0.462 e. The van der Waals surface area contributed by atoms with E-state index in [0.29, 0.717) is 37.5 Å². The number of phosphoric acid groups is 2. The van der Waals surface area contributed by atoms with Crippen LogP contribution in [0.5, 0.6) is 0 Å². The highest BCUT2D eigenvalue weighted by Gasteiger charge is 2.30. The first-order valence-corrected chi connectivity index (χ1v) is 43.7. The van der Waals surface area contributed by atoms with E-state index in [9.17, 15) is 43.2 Å². The number of aliphatic hydroxyl groups excluding tert-OH is 1. The van der Waals surface area contributed by atoms with Crippen molar-refractivity contribution in [1.29, 1.82) is 0 Å². The molecule has 19 heteroatoms. The molecule has 3 N–H and O–H groups in total. The first-order chi connectivity index (χ1) is 47.1. The van der Waals surface area contributed by atoms with Crippen LogP contribution < -0.4 is 0 Å². The summed E-state index contributed by atoms with van der Waals surface area (Å²) in [6.07, 6.45) is 54.4. The van der Waals surface area contributed by atoms with Crippen LogP contribution >= 0.6 is 15.6 Å². The van der Waals surface area contributed by atoms with Gasteiger partial charge >= 0.3 is 39.5 Å². The molecule has 0 aliphatic carbocycles. The Morgan fingerprint density at radius 2 is 0.490 bits per heavy atom. The number of unbranched alkanes of at least 4 members (excludes halogenated alkanes) is 41. The van der Waals surface area contributed by atoms with Crippen LogP contribution in [0.4, 0.5) is 0 Å². The summed E-state index contributed by atoms with van der Waals surface area (Å²) in [6, 6.07) is 0. The Hall–Kier alpha value is -1.94. The van der Waals surface area contributed by atoms with Gasteiger partial charge in [0.15, 0.2) is 12.2 Å². The Bertz CT molecular complexity index is 1920. The number of rotatable bonds is 76. The van der Waals surface area contributed by atoms with Gasteiger partial charge in [-0.2, -0.15) is 0 Å². The number of esters is 4. The Kier molecular flexibility index (Phi) is 66.8. The lowest BCUT2D eigenvalue weighted by atomic mass is 9.99. The minimum atomic E-state index is -4.96. The van der Waals surface area contributed by atoms with E-state index in [1.807, 2.05) is 0 Å². The van der Waals surface area contributed by atoms with E-state index in [0.717, 1.165) is 108 Å². The van der Waals surface area contributed by atoms with E-state index >= 15 is 0 Å². The fourth-order valence-electron chi connectivity index (χ4n) is 12.0. The van der Waals surface area contributed by atoms with Gasteiger partial charge in [-0.05, 0) is 49.4 Å². The number of aliphatic hydroxyl groups is 1. The van der Waals surface area contributed by atoms with Gasteiger partial charge in [-0.15, -0.1) is 0 Å². The summed E-state index contributed by atoms with van der Waals surface area (Å²) in [7, 11) is -9.91. The van der Waals surface area contributed by atoms with Gasteiger partial charge < -0.3 is 33.8 Å². The molecule has 0 aromatic heterocycles. The van der Waals surface area contributed by atoms with Gasteiger partial charge in [0.05, 0.1) is 26.4 Å². The normalized spacial score (nSPS) is 14.3. The molecule has 0 bridgehead atoms. The van der Waals surface area contributed by atoms with Crippen LogP contribution in [0.1, 0.15) is 402 Å². The first-order valence-electron chi connectivity index (χ1n) is 40.7. The lowest BCUT2D eigenvalue weighted by Crippen LogP contribution is -2.30. The third-order valence-electron chi connectivity index (χ3n) is 18.7. The lowest BCUT2D eigenvalue weighted by Gasteiger charge is -2.21. The van der Waals surface area contributed by atoms with Crippen molar-refractivity contribution in [2.75, 3.05) is 39.6 Å². The third-order valence-corrected chi connectivity index (χ3v) is 20.6. The summed E-state index contributed by atoms with van der Waals surface area (Å²) in [5, 5.41) is 10.6. The van der Waals surface area contributed by atoms with E-state index in [2.05, 4.69) is 55.4 Å². The Balaban J connectivity index is 5.19. The molecule has 0 spiro atoms. The van der Waals surface area contributed by atoms with Gasteiger partial charge in [-0.3, -0.25) is 37.3 Å². The number of hydrogen-bond acceptors (Lipinski definition) is 15. The second-order valence-corrected chi connectivity index (χ2v) is 33.0.